The molecule has 0 radical (unpaired) electrons. The average molecular weight is 465 g/mol. The number of hydrogen-bond acceptors (Lipinski definition) is 3. The standard InChI is InChI=1S/C19H35N3O2.HI/c1-2-20-18(21-12-17(23)14-24-13-16-6-7-16)22-11-10-19(15-22)8-4-3-5-9-19;/h16-17,23H,2-15H2,1H3,(H,20,21);1H. The van der Waals surface area contributed by atoms with E-state index in [0.717, 1.165) is 38.1 Å². The van der Waals surface area contributed by atoms with Crippen molar-refractivity contribution < 1.29 is 9.84 Å². The van der Waals surface area contributed by atoms with E-state index in [-0.39, 0.29) is 24.0 Å². The summed E-state index contributed by atoms with van der Waals surface area (Å²) in [6, 6.07) is 0. The number of halogens is 1. The Balaban J connectivity index is 0.00000225. The summed E-state index contributed by atoms with van der Waals surface area (Å²) in [5, 5.41) is 13.5. The molecule has 6 heteroatoms. The molecule has 1 heterocycles. The zero-order valence-electron chi connectivity index (χ0n) is 15.7. The molecule has 1 aliphatic heterocycles. The van der Waals surface area contributed by atoms with E-state index in [1.807, 2.05) is 0 Å². The van der Waals surface area contributed by atoms with Crippen LogP contribution in [0.1, 0.15) is 58.3 Å². The van der Waals surface area contributed by atoms with Crippen LogP contribution in [0.15, 0.2) is 4.99 Å². The molecule has 3 rings (SSSR count). The summed E-state index contributed by atoms with van der Waals surface area (Å²) in [4.78, 5) is 7.10. The van der Waals surface area contributed by atoms with Crippen molar-refractivity contribution in [2.75, 3.05) is 39.4 Å². The Labute approximate surface area is 170 Å². The number of aliphatic imine (C=N–C) groups is 1. The third-order valence-electron chi connectivity index (χ3n) is 5.80. The Kier molecular flexibility index (Phi) is 8.75. The predicted molar refractivity (Wildman–Crippen MR) is 113 cm³/mol. The number of nitrogens with zero attached hydrogens (tertiary/aromatic N) is 2. The largest absolute Gasteiger partial charge is 0.389 e. The first-order chi connectivity index (χ1) is 11.7. The Bertz CT molecular complexity index is 423. The van der Waals surface area contributed by atoms with Gasteiger partial charge in [-0.3, -0.25) is 4.99 Å². The number of ether oxygens (including phenoxy) is 1. The molecule has 0 bridgehead atoms. The minimum atomic E-state index is -0.497. The van der Waals surface area contributed by atoms with Gasteiger partial charge in [0.25, 0.3) is 0 Å². The number of aliphatic hydroxyl groups excluding tert-OH is 1. The molecule has 2 aliphatic carbocycles. The van der Waals surface area contributed by atoms with Crippen molar-refractivity contribution in [3.8, 4) is 0 Å². The third kappa shape index (κ3) is 6.54. The molecule has 0 aromatic rings. The van der Waals surface area contributed by atoms with Crippen LogP contribution in [0.3, 0.4) is 0 Å². The SMILES string of the molecule is CCNC(=NCC(O)COCC1CC1)N1CCC2(CCCCC2)C1.I. The fourth-order valence-electron chi connectivity index (χ4n) is 4.15. The summed E-state index contributed by atoms with van der Waals surface area (Å²) in [5.74, 6) is 1.72. The second-order valence-electron chi connectivity index (χ2n) is 8.06. The fraction of sp³-hybridized carbons (Fsp3) is 0.947. The molecular formula is C19H36IN3O2. The van der Waals surface area contributed by atoms with Gasteiger partial charge in [-0.25, -0.2) is 0 Å². The summed E-state index contributed by atoms with van der Waals surface area (Å²) in [6.45, 7) is 6.84. The predicted octanol–water partition coefficient (Wildman–Crippen LogP) is 3.01. The Morgan fingerprint density at radius 1 is 1.28 bits per heavy atom. The molecule has 2 N–H and O–H groups in total. The van der Waals surface area contributed by atoms with Crippen LogP contribution in [0.5, 0.6) is 0 Å². The number of likely N-dealkylation sites (tertiary alicyclic amines) is 1. The van der Waals surface area contributed by atoms with Crippen molar-refractivity contribution in [2.45, 2.75) is 64.4 Å². The van der Waals surface area contributed by atoms with Gasteiger partial charge in [-0.15, -0.1) is 24.0 Å². The van der Waals surface area contributed by atoms with Crippen molar-refractivity contribution in [1.29, 1.82) is 0 Å². The fourth-order valence-corrected chi connectivity index (χ4v) is 4.15. The van der Waals surface area contributed by atoms with Crippen LogP contribution in [-0.4, -0.2) is 61.5 Å². The van der Waals surface area contributed by atoms with Gasteiger partial charge in [0.1, 0.15) is 0 Å². The van der Waals surface area contributed by atoms with Crippen molar-refractivity contribution >= 4 is 29.9 Å². The lowest BCUT2D eigenvalue weighted by Gasteiger charge is -2.33. The highest BCUT2D eigenvalue weighted by Gasteiger charge is 2.39. The van der Waals surface area contributed by atoms with Gasteiger partial charge >= 0.3 is 0 Å². The Morgan fingerprint density at radius 3 is 2.72 bits per heavy atom. The lowest BCUT2D eigenvalue weighted by molar-refractivity contribution is 0.0367. The van der Waals surface area contributed by atoms with Crippen molar-refractivity contribution in [1.82, 2.24) is 10.2 Å². The molecular weight excluding hydrogens is 429 g/mol. The summed E-state index contributed by atoms with van der Waals surface area (Å²) in [5.41, 5.74) is 0.528. The van der Waals surface area contributed by atoms with Crippen LogP contribution in [0.2, 0.25) is 0 Å². The highest BCUT2D eigenvalue weighted by molar-refractivity contribution is 14.0. The first kappa shape index (κ1) is 21.2. The molecule has 0 aromatic carbocycles. The van der Waals surface area contributed by atoms with E-state index in [4.69, 9.17) is 4.74 Å². The maximum absolute atomic E-state index is 10.1. The van der Waals surface area contributed by atoms with Gasteiger partial charge in [0, 0.05) is 26.2 Å². The van der Waals surface area contributed by atoms with Crippen LogP contribution in [0.25, 0.3) is 0 Å². The maximum atomic E-state index is 10.1. The average Bonchev–Trinajstić information content (AvgIpc) is 3.33. The topological polar surface area (TPSA) is 57.1 Å². The van der Waals surface area contributed by atoms with Crippen molar-refractivity contribution in [2.24, 2.45) is 16.3 Å². The van der Waals surface area contributed by atoms with Gasteiger partial charge in [-0.2, -0.15) is 0 Å². The van der Waals surface area contributed by atoms with Crippen LogP contribution >= 0.6 is 24.0 Å². The molecule has 3 fully saturated rings. The molecule has 1 spiro atoms. The second kappa shape index (κ2) is 10.3. The van der Waals surface area contributed by atoms with Crippen molar-refractivity contribution in [3.63, 3.8) is 0 Å². The molecule has 0 amide bonds. The molecule has 3 aliphatic rings. The quantitative estimate of drug-likeness (QED) is 0.345. The lowest BCUT2D eigenvalue weighted by Crippen LogP contribution is -2.42. The number of rotatable bonds is 7. The summed E-state index contributed by atoms with van der Waals surface area (Å²) in [6.07, 6.45) is 10.3. The second-order valence-corrected chi connectivity index (χ2v) is 8.06. The van der Waals surface area contributed by atoms with E-state index in [0.29, 0.717) is 18.6 Å². The van der Waals surface area contributed by atoms with Crippen LogP contribution in [0.4, 0.5) is 0 Å². The van der Waals surface area contributed by atoms with Gasteiger partial charge in [-0.1, -0.05) is 19.3 Å². The number of hydrogen-bond donors (Lipinski definition) is 2. The van der Waals surface area contributed by atoms with E-state index in [1.54, 1.807) is 0 Å². The lowest BCUT2D eigenvalue weighted by atomic mass is 9.73. The molecule has 2 saturated carbocycles. The monoisotopic (exact) mass is 465 g/mol. The third-order valence-corrected chi connectivity index (χ3v) is 5.80. The van der Waals surface area contributed by atoms with Gasteiger partial charge < -0.3 is 20.1 Å². The molecule has 146 valence electrons. The van der Waals surface area contributed by atoms with Gasteiger partial charge in [0.05, 0.1) is 19.3 Å². The highest BCUT2D eigenvalue weighted by Crippen LogP contribution is 2.43. The molecule has 1 saturated heterocycles. The minimum Gasteiger partial charge on any atom is -0.389 e. The van der Waals surface area contributed by atoms with E-state index in [9.17, 15) is 5.11 Å². The molecule has 1 atom stereocenters. The van der Waals surface area contributed by atoms with Gasteiger partial charge in [0.2, 0.25) is 0 Å². The molecule has 0 aromatic heterocycles. The summed E-state index contributed by atoms with van der Waals surface area (Å²) < 4.78 is 5.57. The van der Waals surface area contributed by atoms with Crippen LogP contribution < -0.4 is 5.32 Å². The van der Waals surface area contributed by atoms with E-state index >= 15 is 0 Å². The summed E-state index contributed by atoms with van der Waals surface area (Å²) in [7, 11) is 0. The summed E-state index contributed by atoms with van der Waals surface area (Å²) >= 11 is 0. The van der Waals surface area contributed by atoms with E-state index in [2.05, 4.69) is 22.1 Å². The minimum absolute atomic E-state index is 0. The molecule has 1 unspecified atom stereocenters. The first-order valence-electron chi connectivity index (χ1n) is 10.00. The molecule has 25 heavy (non-hydrogen) atoms. The van der Waals surface area contributed by atoms with Crippen LogP contribution in [-0.2, 0) is 4.74 Å². The highest BCUT2D eigenvalue weighted by atomic mass is 127. The van der Waals surface area contributed by atoms with Crippen molar-refractivity contribution in [3.05, 3.63) is 0 Å². The zero-order chi connectivity index (χ0) is 16.8. The Hall–Kier alpha value is -0.0800. The number of guanidine groups is 1. The maximum Gasteiger partial charge on any atom is 0.194 e. The first-order valence-corrected chi connectivity index (χ1v) is 10.00. The normalized spacial score (nSPS) is 24.2. The van der Waals surface area contributed by atoms with E-state index < -0.39 is 6.10 Å². The number of aliphatic hydroxyl groups is 1. The van der Waals surface area contributed by atoms with E-state index in [1.165, 1.54) is 51.4 Å². The molecule has 5 nitrogen and oxygen atoms in total. The smallest absolute Gasteiger partial charge is 0.194 e. The Morgan fingerprint density at radius 2 is 2.04 bits per heavy atom. The van der Waals surface area contributed by atoms with Crippen LogP contribution in [0, 0.1) is 11.3 Å². The number of nitrogens with one attached hydrogen (secondary N) is 1. The van der Waals surface area contributed by atoms with Gasteiger partial charge in [-0.05, 0) is 50.4 Å². The zero-order valence-corrected chi connectivity index (χ0v) is 18.0. The van der Waals surface area contributed by atoms with Gasteiger partial charge in [0.15, 0.2) is 5.96 Å².